The summed E-state index contributed by atoms with van der Waals surface area (Å²) in [5, 5.41) is 17.4. The number of aliphatic hydroxyl groups excluding tert-OH is 1. The number of hydrogen-bond acceptors (Lipinski definition) is 3. The molecular weight excluding hydrogens is 314 g/mol. The first-order valence-electron chi connectivity index (χ1n) is 7.75. The van der Waals surface area contributed by atoms with Gasteiger partial charge in [-0.1, -0.05) is 37.1 Å². The van der Waals surface area contributed by atoms with E-state index in [1.807, 2.05) is 25.1 Å². The van der Waals surface area contributed by atoms with Crippen molar-refractivity contribution in [1.29, 1.82) is 0 Å². The Morgan fingerprint density at radius 3 is 3.04 bits per heavy atom. The first-order valence-corrected chi connectivity index (χ1v) is 8.12. The van der Waals surface area contributed by atoms with E-state index < -0.39 is 0 Å². The molecule has 0 aliphatic heterocycles. The fourth-order valence-electron chi connectivity index (χ4n) is 3.12. The Balaban J connectivity index is 1.76. The van der Waals surface area contributed by atoms with Crippen molar-refractivity contribution in [3.63, 3.8) is 0 Å². The molecule has 0 radical (unpaired) electrons. The number of carbonyl (C=O) groups excluding carboxylic acids is 1. The number of aliphatic hydroxyl groups is 1. The summed E-state index contributed by atoms with van der Waals surface area (Å²) >= 11 is 6.15. The van der Waals surface area contributed by atoms with Gasteiger partial charge in [0.15, 0.2) is 0 Å². The fraction of sp³-hybridized carbons (Fsp3) is 0.412. The van der Waals surface area contributed by atoms with Crippen LogP contribution in [-0.2, 0) is 0 Å². The van der Waals surface area contributed by atoms with Crippen LogP contribution in [0.5, 0.6) is 0 Å². The lowest BCUT2D eigenvalue weighted by Gasteiger charge is -2.29. The normalized spacial score (nSPS) is 23.9. The van der Waals surface area contributed by atoms with Crippen molar-refractivity contribution >= 4 is 17.5 Å². The maximum Gasteiger partial charge on any atom is 0.254 e. The molecule has 0 spiro atoms. The van der Waals surface area contributed by atoms with E-state index in [2.05, 4.69) is 10.4 Å². The number of benzene rings is 1. The summed E-state index contributed by atoms with van der Waals surface area (Å²) in [6.45, 7) is 2.09. The monoisotopic (exact) mass is 333 g/mol. The van der Waals surface area contributed by atoms with E-state index in [1.165, 1.54) is 6.20 Å². The molecule has 5 nitrogen and oxygen atoms in total. The van der Waals surface area contributed by atoms with Gasteiger partial charge < -0.3 is 10.4 Å². The molecule has 2 N–H and O–H groups in total. The van der Waals surface area contributed by atoms with E-state index in [0.29, 0.717) is 10.6 Å². The van der Waals surface area contributed by atoms with Crippen LogP contribution < -0.4 is 5.32 Å². The minimum Gasteiger partial charge on any atom is -0.396 e. The summed E-state index contributed by atoms with van der Waals surface area (Å²) in [7, 11) is 0. The van der Waals surface area contributed by atoms with Crippen molar-refractivity contribution in [2.75, 3.05) is 6.61 Å². The molecule has 23 heavy (non-hydrogen) atoms. The van der Waals surface area contributed by atoms with Crippen molar-refractivity contribution in [3.05, 3.63) is 47.2 Å². The van der Waals surface area contributed by atoms with Crippen LogP contribution in [0.15, 0.2) is 36.7 Å². The van der Waals surface area contributed by atoms with Crippen molar-refractivity contribution in [2.24, 2.45) is 5.41 Å². The summed E-state index contributed by atoms with van der Waals surface area (Å²) in [6.07, 6.45) is 6.03. The molecule has 1 saturated carbocycles. The lowest BCUT2D eigenvalue weighted by atomic mass is 9.85. The summed E-state index contributed by atoms with van der Waals surface area (Å²) in [5.74, 6) is -0.171. The van der Waals surface area contributed by atoms with Crippen LogP contribution in [0.2, 0.25) is 5.02 Å². The van der Waals surface area contributed by atoms with Gasteiger partial charge >= 0.3 is 0 Å². The minimum absolute atomic E-state index is 0.0105. The zero-order valence-electron chi connectivity index (χ0n) is 13.0. The van der Waals surface area contributed by atoms with E-state index in [1.54, 1.807) is 16.9 Å². The molecule has 2 aromatic rings. The van der Waals surface area contributed by atoms with Crippen LogP contribution in [-0.4, -0.2) is 33.4 Å². The Morgan fingerprint density at radius 2 is 2.30 bits per heavy atom. The van der Waals surface area contributed by atoms with Gasteiger partial charge in [0.05, 0.1) is 29.1 Å². The number of hydrogen-bond donors (Lipinski definition) is 2. The van der Waals surface area contributed by atoms with Crippen molar-refractivity contribution in [2.45, 2.75) is 32.2 Å². The third kappa shape index (κ3) is 3.12. The second kappa shape index (κ2) is 6.34. The molecule has 2 unspecified atom stereocenters. The Bertz CT molecular complexity index is 715. The highest BCUT2D eigenvalue weighted by Crippen LogP contribution is 2.37. The smallest absolute Gasteiger partial charge is 0.254 e. The maximum absolute atomic E-state index is 12.5. The zero-order chi connectivity index (χ0) is 16.4. The van der Waals surface area contributed by atoms with E-state index in [9.17, 15) is 9.90 Å². The molecular formula is C17H20ClN3O2. The van der Waals surface area contributed by atoms with Crippen molar-refractivity contribution in [1.82, 2.24) is 15.1 Å². The number of nitrogens with one attached hydrogen (secondary N) is 1. The third-order valence-corrected chi connectivity index (χ3v) is 5.01. The van der Waals surface area contributed by atoms with Gasteiger partial charge in [0.25, 0.3) is 5.91 Å². The average molecular weight is 334 g/mol. The van der Waals surface area contributed by atoms with E-state index in [4.69, 9.17) is 11.6 Å². The number of amides is 1. The van der Waals surface area contributed by atoms with Crippen LogP contribution in [0.4, 0.5) is 0 Å². The average Bonchev–Trinajstić information content (AvgIpc) is 3.16. The molecule has 1 fully saturated rings. The molecule has 1 aliphatic rings. The molecule has 1 aromatic carbocycles. The minimum atomic E-state index is -0.242. The van der Waals surface area contributed by atoms with E-state index >= 15 is 0 Å². The number of carbonyl (C=O) groups is 1. The second-order valence-corrected chi connectivity index (χ2v) is 6.76. The number of aromatic nitrogens is 2. The summed E-state index contributed by atoms with van der Waals surface area (Å²) in [5.41, 5.74) is 0.973. The van der Waals surface area contributed by atoms with Crippen LogP contribution in [0.25, 0.3) is 5.69 Å². The quantitative estimate of drug-likeness (QED) is 0.904. The number of rotatable bonds is 4. The molecule has 1 aromatic heterocycles. The first kappa shape index (κ1) is 16.0. The fourth-order valence-corrected chi connectivity index (χ4v) is 3.34. The van der Waals surface area contributed by atoms with Gasteiger partial charge in [-0.05, 0) is 25.0 Å². The van der Waals surface area contributed by atoms with Crippen LogP contribution in [0.1, 0.15) is 36.5 Å². The molecule has 3 rings (SSSR count). The van der Waals surface area contributed by atoms with Crippen molar-refractivity contribution in [3.8, 4) is 5.69 Å². The Morgan fingerprint density at radius 1 is 1.52 bits per heavy atom. The molecule has 0 saturated heterocycles. The van der Waals surface area contributed by atoms with Gasteiger partial charge in [-0.2, -0.15) is 5.10 Å². The summed E-state index contributed by atoms with van der Waals surface area (Å²) in [6, 6.07) is 7.33. The number of para-hydroxylation sites is 1. The van der Waals surface area contributed by atoms with Crippen molar-refractivity contribution < 1.29 is 9.90 Å². The van der Waals surface area contributed by atoms with E-state index in [-0.39, 0.29) is 24.0 Å². The highest BCUT2D eigenvalue weighted by Gasteiger charge is 2.39. The predicted octanol–water partition coefficient (Wildman–Crippen LogP) is 2.81. The zero-order valence-corrected chi connectivity index (χ0v) is 13.8. The van der Waals surface area contributed by atoms with Crippen LogP contribution in [0.3, 0.4) is 0 Å². The third-order valence-electron chi connectivity index (χ3n) is 4.69. The first-order chi connectivity index (χ1) is 11.0. The molecule has 1 amide bonds. The molecule has 1 aliphatic carbocycles. The largest absolute Gasteiger partial charge is 0.396 e. The van der Waals surface area contributed by atoms with Gasteiger partial charge in [-0.3, -0.25) is 4.79 Å². The van der Waals surface area contributed by atoms with Gasteiger partial charge in [-0.15, -0.1) is 0 Å². The number of halogens is 1. The molecule has 122 valence electrons. The van der Waals surface area contributed by atoms with Gasteiger partial charge in [-0.25, -0.2) is 4.68 Å². The van der Waals surface area contributed by atoms with Gasteiger partial charge in [0, 0.05) is 17.7 Å². The molecule has 2 atom stereocenters. The Kier molecular flexibility index (Phi) is 4.41. The SMILES string of the molecule is CC1(CO)CCCC1NC(=O)c1cnn(-c2ccccc2Cl)c1. The lowest BCUT2D eigenvalue weighted by Crippen LogP contribution is -2.44. The lowest BCUT2D eigenvalue weighted by molar-refractivity contribution is 0.0830. The topological polar surface area (TPSA) is 67.2 Å². The van der Waals surface area contributed by atoms with Gasteiger partial charge in [0.2, 0.25) is 0 Å². The number of nitrogens with zero attached hydrogens (tertiary/aromatic N) is 2. The molecule has 1 heterocycles. The highest BCUT2D eigenvalue weighted by atomic mass is 35.5. The van der Waals surface area contributed by atoms with Crippen LogP contribution >= 0.6 is 11.6 Å². The van der Waals surface area contributed by atoms with E-state index in [0.717, 1.165) is 24.9 Å². The standard InChI is InChI=1S/C17H20ClN3O2/c1-17(11-22)8-4-7-15(17)20-16(23)12-9-19-21(10-12)14-6-3-2-5-13(14)18/h2-3,5-6,9-10,15,22H,4,7-8,11H2,1H3,(H,20,23). The Hall–Kier alpha value is -1.85. The summed E-state index contributed by atoms with van der Waals surface area (Å²) in [4.78, 5) is 12.5. The molecule has 6 heteroatoms. The summed E-state index contributed by atoms with van der Waals surface area (Å²) < 4.78 is 1.59. The predicted molar refractivity (Wildman–Crippen MR) is 88.9 cm³/mol. The second-order valence-electron chi connectivity index (χ2n) is 6.36. The molecule has 0 bridgehead atoms. The van der Waals surface area contributed by atoms with Gasteiger partial charge in [0.1, 0.15) is 0 Å². The highest BCUT2D eigenvalue weighted by molar-refractivity contribution is 6.32. The van der Waals surface area contributed by atoms with Crippen LogP contribution in [0, 0.1) is 5.41 Å². The Labute approximate surface area is 140 Å². The maximum atomic E-state index is 12.5.